The summed E-state index contributed by atoms with van der Waals surface area (Å²) in [5.41, 5.74) is 3.52. The summed E-state index contributed by atoms with van der Waals surface area (Å²) in [6.07, 6.45) is 11.5. The highest BCUT2D eigenvalue weighted by Gasteiger charge is 2.73. The van der Waals surface area contributed by atoms with Crippen molar-refractivity contribution in [2.75, 3.05) is 0 Å². The van der Waals surface area contributed by atoms with Gasteiger partial charge in [-0.15, -0.1) is 0 Å². The molecule has 0 N–H and O–H groups in total. The number of benzene rings is 2. The summed E-state index contributed by atoms with van der Waals surface area (Å²) in [5, 5.41) is 0. The standard InChI is InChI=1S/C27H34O/c1-3-4-11-18-27-20-24(28-21-23-14-9-6-10-15-23)19-26(27,2)25(27)17-16-22-12-7-5-8-13-22/h5-10,12-15,20,25H,3-4,11,16-19,21H2,1-2H3/t25-,26-,27+/m0/s1. The zero-order chi connectivity index (χ0) is 19.5. The van der Waals surface area contributed by atoms with Gasteiger partial charge in [0, 0.05) is 11.8 Å². The van der Waals surface area contributed by atoms with E-state index >= 15 is 0 Å². The van der Waals surface area contributed by atoms with Crippen molar-refractivity contribution in [3.63, 3.8) is 0 Å². The van der Waals surface area contributed by atoms with Gasteiger partial charge in [0.15, 0.2) is 0 Å². The SMILES string of the molecule is CCCCC[C@]12C=C(OCc3ccccc3)C[C@@]1(C)[C@@H]2CCc1ccccc1. The molecule has 2 aromatic carbocycles. The second-order valence-electron chi connectivity index (χ2n) is 9.05. The van der Waals surface area contributed by atoms with Crippen molar-refractivity contribution in [2.45, 2.75) is 65.4 Å². The third-order valence-electron chi connectivity index (χ3n) is 7.36. The van der Waals surface area contributed by atoms with Crippen LogP contribution in [0.1, 0.15) is 63.5 Å². The van der Waals surface area contributed by atoms with Gasteiger partial charge in [-0.25, -0.2) is 0 Å². The van der Waals surface area contributed by atoms with E-state index in [1.807, 2.05) is 0 Å². The molecule has 0 bridgehead atoms. The molecule has 1 fully saturated rings. The lowest BCUT2D eigenvalue weighted by atomic mass is 9.91. The molecule has 1 heteroatoms. The summed E-state index contributed by atoms with van der Waals surface area (Å²) >= 11 is 0. The zero-order valence-electron chi connectivity index (χ0n) is 17.5. The van der Waals surface area contributed by atoms with Crippen molar-refractivity contribution >= 4 is 0 Å². The van der Waals surface area contributed by atoms with Gasteiger partial charge in [-0.1, -0.05) is 93.8 Å². The van der Waals surface area contributed by atoms with Crippen molar-refractivity contribution in [1.82, 2.24) is 0 Å². The van der Waals surface area contributed by atoms with Gasteiger partial charge in [0.05, 0.1) is 5.76 Å². The van der Waals surface area contributed by atoms with E-state index < -0.39 is 0 Å². The van der Waals surface area contributed by atoms with E-state index in [0.717, 1.165) is 12.3 Å². The highest BCUT2D eigenvalue weighted by Crippen LogP contribution is 2.79. The number of fused-ring (bicyclic) bond motifs is 1. The van der Waals surface area contributed by atoms with Crippen LogP contribution in [0.3, 0.4) is 0 Å². The second-order valence-corrected chi connectivity index (χ2v) is 9.05. The number of hydrogen-bond acceptors (Lipinski definition) is 1. The minimum absolute atomic E-state index is 0.378. The third kappa shape index (κ3) is 3.64. The Hall–Kier alpha value is -2.02. The quantitative estimate of drug-likeness (QED) is 0.396. The van der Waals surface area contributed by atoms with Crippen molar-refractivity contribution < 1.29 is 4.74 Å². The number of hydrogen-bond donors (Lipinski definition) is 0. The van der Waals surface area contributed by atoms with Gasteiger partial charge in [-0.3, -0.25) is 0 Å². The topological polar surface area (TPSA) is 9.23 Å². The van der Waals surface area contributed by atoms with Gasteiger partial charge in [0.25, 0.3) is 0 Å². The Kier molecular flexibility index (Phi) is 5.62. The van der Waals surface area contributed by atoms with Gasteiger partial charge in [0.2, 0.25) is 0 Å². The predicted molar refractivity (Wildman–Crippen MR) is 117 cm³/mol. The van der Waals surface area contributed by atoms with E-state index in [-0.39, 0.29) is 0 Å². The fourth-order valence-corrected chi connectivity index (χ4v) is 5.72. The van der Waals surface area contributed by atoms with Crippen LogP contribution in [0.25, 0.3) is 0 Å². The van der Waals surface area contributed by atoms with Gasteiger partial charge in [-0.05, 0) is 47.8 Å². The van der Waals surface area contributed by atoms with Crippen LogP contribution in [0.2, 0.25) is 0 Å². The van der Waals surface area contributed by atoms with E-state index in [2.05, 4.69) is 80.6 Å². The van der Waals surface area contributed by atoms with Gasteiger partial charge >= 0.3 is 0 Å². The number of allylic oxidation sites excluding steroid dienone is 2. The molecule has 1 nitrogen and oxygen atoms in total. The van der Waals surface area contributed by atoms with Crippen LogP contribution in [0.15, 0.2) is 72.5 Å². The second kappa shape index (κ2) is 8.15. The normalized spacial score (nSPS) is 27.9. The average Bonchev–Trinajstić information content (AvgIpc) is 3.04. The van der Waals surface area contributed by atoms with Crippen LogP contribution in [0.4, 0.5) is 0 Å². The number of aryl methyl sites for hydroxylation is 1. The number of rotatable bonds is 10. The molecule has 2 aliphatic rings. The Morgan fingerprint density at radius 1 is 0.929 bits per heavy atom. The zero-order valence-corrected chi connectivity index (χ0v) is 17.5. The molecule has 0 radical (unpaired) electrons. The first-order chi connectivity index (χ1) is 13.7. The molecule has 2 aliphatic carbocycles. The average molecular weight is 375 g/mol. The summed E-state index contributed by atoms with van der Waals surface area (Å²) in [6, 6.07) is 21.5. The van der Waals surface area contributed by atoms with E-state index in [1.54, 1.807) is 0 Å². The van der Waals surface area contributed by atoms with Crippen molar-refractivity contribution in [1.29, 1.82) is 0 Å². The van der Waals surface area contributed by atoms with E-state index in [1.165, 1.54) is 55.4 Å². The maximum absolute atomic E-state index is 6.26. The first-order valence-electron chi connectivity index (χ1n) is 11.1. The van der Waals surface area contributed by atoms with Crippen molar-refractivity contribution in [3.05, 3.63) is 83.6 Å². The predicted octanol–water partition coefficient (Wildman–Crippen LogP) is 7.33. The Morgan fingerprint density at radius 3 is 2.29 bits per heavy atom. The van der Waals surface area contributed by atoms with Crippen molar-refractivity contribution in [2.24, 2.45) is 16.7 Å². The molecule has 0 aromatic heterocycles. The molecule has 0 aliphatic heterocycles. The number of ether oxygens (including phenoxy) is 1. The van der Waals surface area contributed by atoms with E-state index in [0.29, 0.717) is 17.4 Å². The molecule has 0 spiro atoms. The fourth-order valence-electron chi connectivity index (χ4n) is 5.72. The Balaban J connectivity index is 1.43. The summed E-state index contributed by atoms with van der Waals surface area (Å²) in [5.74, 6) is 2.04. The highest BCUT2D eigenvalue weighted by atomic mass is 16.5. The third-order valence-corrected chi connectivity index (χ3v) is 7.36. The molecule has 4 rings (SSSR count). The number of unbranched alkanes of at least 4 members (excludes halogenated alkanes) is 2. The molecule has 0 unspecified atom stereocenters. The Bertz CT molecular complexity index is 794. The fraction of sp³-hybridized carbons (Fsp3) is 0.481. The summed E-state index contributed by atoms with van der Waals surface area (Å²) in [4.78, 5) is 0. The van der Waals surface area contributed by atoms with Crippen LogP contribution in [0, 0.1) is 16.7 Å². The van der Waals surface area contributed by atoms with Crippen molar-refractivity contribution in [3.8, 4) is 0 Å². The molecule has 0 saturated heterocycles. The first-order valence-corrected chi connectivity index (χ1v) is 11.1. The van der Waals surface area contributed by atoms with Gasteiger partial charge in [0.1, 0.15) is 6.61 Å². The first kappa shape index (κ1) is 19.3. The molecule has 1 saturated carbocycles. The summed E-state index contributed by atoms with van der Waals surface area (Å²) in [6.45, 7) is 5.52. The van der Waals surface area contributed by atoms with Crippen LogP contribution in [-0.2, 0) is 17.8 Å². The molecule has 2 aromatic rings. The highest BCUT2D eigenvalue weighted by molar-refractivity contribution is 5.36. The molecular formula is C27H34O. The van der Waals surface area contributed by atoms with Crippen LogP contribution in [-0.4, -0.2) is 0 Å². The summed E-state index contributed by atoms with van der Waals surface area (Å²) in [7, 11) is 0. The lowest BCUT2D eigenvalue weighted by Gasteiger charge is -2.14. The van der Waals surface area contributed by atoms with Gasteiger partial charge < -0.3 is 4.74 Å². The monoisotopic (exact) mass is 374 g/mol. The van der Waals surface area contributed by atoms with E-state index in [4.69, 9.17) is 4.74 Å². The maximum Gasteiger partial charge on any atom is 0.113 e. The van der Waals surface area contributed by atoms with Crippen LogP contribution < -0.4 is 0 Å². The van der Waals surface area contributed by atoms with E-state index in [9.17, 15) is 0 Å². The Morgan fingerprint density at radius 2 is 1.61 bits per heavy atom. The molecule has 28 heavy (non-hydrogen) atoms. The smallest absolute Gasteiger partial charge is 0.113 e. The maximum atomic E-state index is 6.26. The largest absolute Gasteiger partial charge is 0.494 e. The molecule has 0 amide bonds. The summed E-state index contributed by atoms with van der Waals surface area (Å²) < 4.78 is 6.26. The molecule has 0 heterocycles. The molecule has 148 valence electrons. The molecule has 3 atom stereocenters. The Labute approximate surface area is 170 Å². The minimum atomic E-state index is 0.378. The van der Waals surface area contributed by atoms with Gasteiger partial charge in [-0.2, -0.15) is 0 Å². The lowest BCUT2D eigenvalue weighted by molar-refractivity contribution is 0.180. The van der Waals surface area contributed by atoms with Crippen LogP contribution in [0.5, 0.6) is 0 Å². The minimum Gasteiger partial charge on any atom is -0.494 e. The lowest BCUT2D eigenvalue weighted by Crippen LogP contribution is -2.03. The molecular weight excluding hydrogens is 340 g/mol. The van der Waals surface area contributed by atoms with Crippen LogP contribution >= 0.6 is 0 Å².